The highest BCUT2D eigenvalue weighted by atomic mass is 16.2. The highest BCUT2D eigenvalue weighted by Crippen LogP contribution is 2.50. The minimum Gasteiger partial charge on any atom is -0.383 e. The van der Waals surface area contributed by atoms with Gasteiger partial charge in [0.05, 0.1) is 17.6 Å². The van der Waals surface area contributed by atoms with Gasteiger partial charge >= 0.3 is 0 Å². The van der Waals surface area contributed by atoms with E-state index in [9.17, 15) is 4.79 Å². The van der Waals surface area contributed by atoms with E-state index in [1.807, 2.05) is 41.6 Å². The van der Waals surface area contributed by atoms with Crippen LogP contribution >= 0.6 is 0 Å². The molecule has 5 aromatic rings. The molecule has 11 nitrogen and oxygen atoms in total. The van der Waals surface area contributed by atoms with Crippen molar-refractivity contribution in [2.45, 2.75) is 62.4 Å². The van der Waals surface area contributed by atoms with Gasteiger partial charge in [0.25, 0.3) is 5.91 Å². The van der Waals surface area contributed by atoms with Crippen molar-refractivity contribution in [1.29, 1.82) is 0 Å². The lowest BCUT2D eigenvalue weighted by atomic mass is 9.85. The molecule has 1 unspecified atom stereocenters. The Labute approximate surface area is 236 Å². The number of hydrogen-bond donors (Lipinski definition) is 3. The lowest BCUT2D eigenvalue weighted by Gasteiger charge is -2.39. The molecule has 2 aliphatic heterocycles. The number of carbonyl (C=O) groups excluding carboxylic acids is 1. The number of amides is 1. The lowest BCUT2D eigenvalue weighted by molar-refractivity contribution is 0.0557. The monoisotopic (exact) mass is 546 g/mol. The van der Waals surface area contributed by atoms with Crippen molar-refractivity contribution in [3.63, 3.8) is 0 Å². The van der Waals surface area contributed by atoms with Crippen LogP contribution in [-0.2, 0) is 0 Å². The topological polar surface area (TPSA) is 157 Å². The van der Waals surface area contributed by atoms with Crippen LogP contribution in [0.25, 0.3) is 28.0 Å². The molecular weight excluding hydrogens is 516 g/mol. The molecule has 2 saturated heterocycles. The molecular formula is C30H30N10O. The number of H-pyrrole nitrogens is 1. The van der Waals surface area contributed by atoms with Gasteiger partial charge in [0.1, 0.15) is 5.82 Å². The van der Waals surface area contributed by atoms with Crippen LogP contribution in [0.4, 0.5) is 11.8 Å². The van der Waals surface area contributed by atoms with Crippen LogP contribution in [-0.4, -0.2) is 57.7 Å². The summed E-state index contributed by atoms with van der Waals surface area (Å²) < 4.78 is 1.79. The lowest BCUT2D eigenvalue weighted by Crippen LogP contribution is -2.46. The summed E-state index contributed by atoms with van der Waals surface area (Å²) >= 11 is 0. The van der Waals surface area contributed by atoms with Crippen LogP contribution in [0.15, 0.2) is 54.9 Å². The summed E-state index contributed by atoms with van der Waals surface area (Å²) in [5, 5.41) is 11.2. The number of piperidine rings is 1. The Kier molecular flexibility index (Phi) is 5.34. The quantitative estimate of drug-likeness (QED) is 0.296. The number of nitrogens with zero attached hydrogens (tertiary/aromatic N) is 7. The summed E-state index contributed by atoms with van der Waals surface area (Å²) in [5.74, 6) is 1.46. The zero-order valence-electron chi connectivity index (χ0n) is 22.4. The van der Waals surface area contributed by atoms with E-state index >= 15 is 0 Å². The maximum Gasteiger partial charge on any atom is 0.291 e. The highest BCUT2D eigenvalue weighted by molar-refractivity contribution is 5.91. The number of benzene rings is 1. The van der Waals surface area contributed by atoms with Crippen LogP contribution in [0.2, 0.25) is 0 Å². The fourth-order valence-electron chi connectivity index (χ4n) is 6.91. The molecule has 1 saturated carbocycles. The number of rotatable bonds is 5. The maximum absolute atomic E-state index is 13.3. The van der Waals surface area contributed by atoms with Crippen molar-refractivity contribution in [2.75, 3.05) is 11.5 Å². The molecule has 11 heteroatoms. The van der Waals surface area contributed by atoms with Gasteiger partial charge in [-0.2, -0.15) is 14.6 Å². The van der Waals surface area contributed by atoms with Crippen LogP contribution in [0.5, 0.6) is 0 Å². The number of carbonyl (C=O) groups is 1. The predicted molar refractivity (Wildman–Crippen MR) is 154 cm³/mol. The third-order valence-corrected chi connectivity index (χ3v) is 8.94. The molecule has 6 heterocycles. The summed E-state index contributed by atoms with van der Waals surface area (Å²) in [5.41, 5.74) is 19.3. The predicted octanol–water partition coefficient (Wildman–Crippen LogP) is 4.17. The van der Waals surface area contributed by atoms with E-state index in [1.54, 1.807) is 4.52 Å². The van der Waals surface area contributed by atoms with Crippen molar-refractivity contribution < 1.29 is 4.79 Å². The zero-order chi connectivity index (χ0) is 27.7. The second-order valence-electron chi connectivity index (χ2n) is 11.5. The van der Waals surface area contributed by atoms with Crippen LogP contribution in [0.1, 0.15) is 72.2 Å². The maximum atomic E-state index is 13.3. The Morgan fingerprint density at radius 1 is 0.878 bits per heavy atom. The average Bonchev–Trinajstić information content (AvgIpc) is 3.49. The first-order valence-corrected chi connectivity index (χ1v) is 14.2. The number of nitrogen functional groups attached to an aromatic ring is 2. The van der Waals surface area contributed by atoms with Gasteiger partial charge in [0.2, 0.25) is 11.8 Å². The van der Waals surface area contributed by atoms with Gasteiger partial charge in [-0.1, -0.05) is 36.4 Å². The molecule has 41 heavy (non-hydrogen) atoms. The normalized spacial score (nSPS) is 22.0. The number of pyridine rings is 1. The standard InChI is InChI=1S/C30H30N10O/c31-26-24(17-6-7-17)25(19-12-20-9-10-21(13-19)39(20)29(41)27-36-30(32)38-37-27)35-28-22(15-34-40(26)28)18-8-11-23(33-14-18)16-4-2-1-3-5-16/h1-5,8,11,14-15,17,19-21H,6-7,9-10,12-13,31H2,(H3,32,36,37,38)/t19?,20-,21+. The molecule has 1 aromatic carbocycles. The first-order valence-electron chi connectivity index (χ1n) is 14.2. The van der Waals surface area contributed by atoms with Gasteiger partial charge in [-0.05, 0) is 50.5 Å². The highest BCUT2D eigenvalue weighted by Gasteiger charge is 2.46. The Balaban J connectivity index is 1.15. The van der Waals surface area contributed by atoms with E-state index < -0.39 is 0 Å². The number of fused-ring (bicyclic) bond motifs is 3. The van der Waals surface area contributed by atoms with Crippen molar-refractivity contribution >= 4 is 23.3 Å². The number of nitrogens with one attached hydrogen (secondary N) is 1. The molecule has 3 fully saturated rings. The molecule has 1 amide bonds. The van der Waals surface area contributed by atoms with Crippen LogP contribution in [0.3, 0.4) is 0 Å². The fourth-order valence-corrected chi connectivity index (χ4v) is 6.91. The number of aromatic nitrogens is 7. The molecule has 1 aliphatic carbocycles. The first kappa shape index (κ1) is 24.0. The van der Waals surface area contributed by atoms with Crippen molar-refractivity contribution in [1.82, 2.24) is 39.7 Å². The Morgan fingerprint density at radius 2 is 1.66 bits per heavy atom. The third-order valence-electron chi connectivity index (χ3n) is 8.94. The minimum atomic E-state index is -0.130. The molecule has 3 atom stereocenters. The average molecular weight is 547 g/mol. The van der Waals surface area contributed by atoms with E-state index in [2.05, 4.69) is 38.5 Å². The number of aromatic amines is 1. The second kappa shape index (κ2) is 9.12. The van der Waals surface area contributed by atoms with Crippen molar-refractivity contribution in [3.8, 4) is 22.4 Å². The van der Waals surface area contributed by atoms with Crippen LogP contribution < -0.4 is 11.5 Å². The Hall–Kier alpha value is -4.80. The van der Waals surface area contributed by atoms with E-state index in [0.29, 0.717) is 11.7 Å². The Morgan fingerprint density at radius 3 is 2.32 bits per heavy atom. The smallest absolute Gasteiger partial charge is 0.291 e. The molecule has 4 aromatic heterocycles. The second-order valence-corrected chi connectivity index (χ2v) is 11.5. The summed E-state index contributed by atoms with van der Waals surface area (Å²) in [7, 11) is 0. The summed E-state index contributed by atoms with van der Waals surface area (Å²) in [6, 6.07) is 14.5. The summed E-state index contributed by atoms with van der Waals surface area (Å²) in [4.78, 5) is 29.4. The van der Waals surface area contributed by atoms with Crippen LogP contribution in [0, 0.1) is 0 Å². The number of nitrogens with two attached hydrogens (primary N) is 2. The third kappa shape index (κ3) is 3.94. The van der Waals surface area contributed by atoms with Gasteiger partial charge < -0.3 is 16.4 Å². The van der Waals surface area contributed by atoms with E-state index in [-0.39, 0.29) is 35.7 Å². The molecule has 0 spiro atoms. The van der Waals surface area contributed by atoms with Gasteiger partial charge in [-0.25, -0.2) is 4.98 Å². The molecule has 8 rings (SSSR count). The SMILES string of the molecule is Nc1n[nH]c(C(=O)N2[C@@H]3CC[C@H]2CC(c2nc4c(-c5ccc(-c6ccccc6)nc5)cnn4c(N)c2C2CC2)C3)n1. The molecule has 5 N–H and O–H groups in total. The van der Waals surface area contributed by atoms with E-state index in [4.69, 9.17) is 21.4 Å². The fraction of sp³-hybridized carbons (Fsp3) is 0.333. The van der Waals surface area contributed by atoms with Gasteiger partial charge in [-0.15, -0.1) is 5.10 Å². The largest absolute Gasteiger partial charge is 0.383 e. The minimum absolute atomic E-state index is 0.0825. The Bertz CT molecular complexity index is 1760. The van der Waals surface area contributed by atoms with Gasteiger partial charge in [0, 0.05) is 46.5 Å². The molecule has 206 valence electrons. The first-order chi connectivity index (χ1) is 20.0. The van der Waals surface area contributed by atoms with Crippen molar-refractivity contribution in [2.24, 2.45) is 0 Å². The molecule has 3 aliphatic rings. The number of hydrogen-bond acceptors (Lipinski definition) is 8. The number of anilines is 2. The van der Waals surface area contributed by atoms with Crippen molar-refractivity contribution in [3.05, 3.63) is 71.9 Å². The van der Waals surface area contributed by atoms with Gasteiger partial charge in [-0.3, -0.25) is 14.9 Å². The van der Waals surface area contributed by atoms with Gasteiger partial charge in [0.15, 0.2) is 5.65 Å². The summed E-state index contributed by atoms with van der Waals surface area (Å²) in [6.07, 6.45) is 9.55. The van der Waals surface area contributed by atoms with E-state index in [1.165, 1.54) is 0 Å². The molecule has 2 bridgehead atoms. The molecule has 0 radical (unpaired) electrons. The van der Waals surface area contributed by atoms with E-state index in [0.717, 1.165) is 77.8 Å². The summed E-state index contributed by atoms with van der Waals surface area (Å²) in [6.45, 7) is 0. The zero-order valence-corrected chi connectivity index (χ0v) is 22.4.